The van der Waals surface area contributed by atoms with Crippen molar-refractivity contribution < 1.29 is 19.4 Å². The maximum atomic E-state index is 12.7. The lowest BCUT2D eigenvalue weighted by molar-refractivity contribution is -0.138. The van der Waals surface area contributed by atoms with Crippen LogP contribution in [0.1, 0.15) is 28.9 Å². The van der Waals surface area contributed by atoms with Gasteiger partial charge in [0.1, 0.15) is 0 Å². The molecule has 1 amide bonds. The average Bonchev–Trinajstić information content (AvgIpc) is 3.14. The molecule has 1 aromatic carbocycles. The number of carboxylic acids is 1. The number of nitrogens with zero attached hydrogens (tertiary/aromatic N) is 2. The molecule has 0 saturated carbocycles. The van der Waals surface area contributed by atoms with Gasteiger partial charge in [0.2, 0.25) is 0 Å². The number of aromatic nitrogens is 2. The van der Waals surface area contributed by atoms with Gasteiger partial charge in [-0.05, 0) is 25.5 Å². The number of para-hydroxylation sites is 1. The second-order valence-electron chi connectivity index (χ2n) is 6.11. The smallest absolute Gasteiger partial charge is 0.305 e. The minimum absolute atomic E-state index is 0.183. The van der Waals surface area contributed by atoms with Gasteiger partial charge in [-0.25, -0.2) is 4.68 Å². The Morgan fingerprint density at radius 2 is 2.20 bits per heavy atom. The summed E-state index contributed by atoms with van der Waals surface area (Å²) in [4.78, 5) is 23.8. The van der Waals surface area contributed by atoms with Gasteiger partial charge < -0.3 is 15.2 Å². The molecular formula is C17H18ClN3O4. The van der Waals surface area contributed by atoms with Gasteiger partial charge in [0.05, 0.1) is 46.7 Å². The topological polar surface area (TPSA) is 93.5 Å². The van der Waals surface area contributed by atoms with Crippen molar-refractivity contribution in [3.8, 4) is 5.69 Å². The van der Waals surface area contributed by atoms with Crippen molar-refractivity contribution in [1.82, 2.24) is 15.1 Å². The molecule has 132 valence electrons. The summed E-state index contributed by atoms with van der Waals surface area (Å²) in [6.45, 7) is 2.37. The Hall–Kier alpha value is -2.38. The van der Waals surface area contributed by atoms with E-state index in [1.54, 1.807) is 23.7 Å². The van der Waals surface area contributed by atoms with Crippen molar-refractivity contribution in [1.29, 1.82) is 0 Å². The zero-order chi connectivity index (χ0) is 18.0. The van der Waals surface area contributed by atoms with E-state index in [4.69, 9.17) is 21.4 Å². The number of carbonyl (C=O) groups is 2. The zero-order valence-electron chi connectivity index (χ0n) is 13.7. The Morgan fingerprint density at radius 3 is 2.84 bits per heavy atom. The molecule has 1 fully saturated rings. The van der Waals surface area contributed by atoms with Crippen molar-refractivity contribution in [2.24, 2.45) is 0 Å². The highest BCUT2D eigenvalue weighted by atomic mass is 35.5. The van der Waals surface area contributed by atoms with Crippen LogP contribution in [0.4, 0.5) is 0 Å². The number of hydrogen-bond acceptors (Lipinski definition) is 4. The van der Waals surface area contributed by atoms with Crippen LogP contribution in [0.2, 0.25) is 5.02 Å². The second kappa shape index (κ2) is 6.85. The Kier molecular flexibility index (Phi) is 4.78. The maximum Gasteiger partial charge on any atom is 0.305 e. The number of halogens is 1. The van der Waals surface area contributed by atoms with Crippen LogP contribution in [-0.4, -0.2) is 45.5 Å². The van der Waals surface area contributed by atoms with Gasteiger partial charge in [0.25, 0.3) is 5.91 Å². The molecule has 2 N–H and O–H groups in total. The van der Waals surface area contributed by atoms with Crippen LogP contribution in [0.25, 0.3) is 5.69 Å². The average molecular weight is 364 g/mol. The fourth-order valence-electron chi connectivity index (χ4n) is 2.99. The minimum atomic E-state index is -0.978. The molecule has 0 aliphatic carbocycles. The predicted octanol–water partition coefficient (Wildman–Crippen LogP) is 2.20. The fourth-order valence-corrected chi connectivity index (χ4v) is 3.20. The number of rotatable bonds is 5. The highest BCUT2D eigenvalue weighted by molar-refractivity contribution is 6.32. The maximum absolute atomic E-state index is 12.7. The lowest BCUT2D eigenvalue weighted by atomic mass is 9.94. The molecule has 3 rings (SSSR count). The summed E-state index contributed by atoms with van der Waals surface area (Å²) in [6, 6.07) is 7.20. The fraction of sp³-hybridized carbons (Fsp3) is 0.353. The zero-order valence-corrected chi connectivity index (χ0v) is 14.4. The lowest BCUT2D eigenvalue weighted by Gasteiger charge is -2.26. The lowest BCUT2D eigenvalue weighted by Crippen LogP contribution is -2.50. The van der Waals surface area contributed by atoms with E-state index < -0.39 is 11.5 Å². The number of carboxylic acid groups (broad SMARTS) is 1. The molecule has 0 bridgehead atoms. The van der Waals surface area contributed by atoms with E-state index in [1.807, 2.05) is 12.1 Å². The summed E-state index contributed by atoms with van der Waals surface area (Å²) in [7, 11) is 0. The van der Waals surface area contributed by atoms with Crippen LogP contribution in [0.3, 0.4) is 0 Å². The van der Waals surface area contributed by atoms with Crippen molar-refractivity contribution in [2.45, 2.75) is 25.3 Å². The molecule has 1 aliphatic heterocycles. The number of hydrogen-bond donors (Lipinski definition) is 2. The Bertz CT molecular complexity index is 812. The van der Waals surface area contributed by atoms with E-state index in [9.17, 15) is 9.59 Å². The first-order chi connectivity index (χ1) is 11.9. The molecule has 2 aromatic rings. The third kappa shape index (κ3) is 3.52. The summed E-state index contributed by atoms with van der Waals surface area (Å²) in [6.07, 6.45) is 1.73. The number of amides is 1. The largest absolute Gasteiger partial charge is 0.481 e. The molecular weight excluding hydrogens is 346 g/mol. The molecule has 0 spiro atoms. The van der Waals surface area contributed by atoms with Crippen molar-refractivity contribution in [2.75, 3.05) is 13.2 Å². The van der Waals surface area contributed by atoms with Crippen LogP contribution in [0.5, 0.6) is 0 Å². The molecule has 2 heterocycles. The number of ether oxygens (including phenoxy) is 1. The molecule has 1 atom stereocenters. The second-order valence-corrected chi connectivity index (χ2v) is 6.52. The molecule has 25 heavy (non-hydrogen) atoms. The Labute approximate surface area is 149 Å². The van der Waals surface area contributed by atoms with Gasteiger partial charge in [0, 0.05) is 6.61 Å². The number of carbonyl (C=O) groups excluding carboxylic acids is 1. The summed E-state index contributed by atoms with van der Waals surface area (Å²) in [5, 5.41) is 16.7. The molecule has 0 radical (unpaired) electrons. The van der Waals surface area contributed by atoms with E-state index in [2.05, 4.69) is 10.4 Å². The molecule has 1 aromatic heterocycles. The van der Waals surface area contributed by atoms with Crippen molar-refractivity contribution in [3.63, 3.8) is 0 Å². The van der Waals surface area contributed by atoms with Gasteiger partial charge >= 0.3 is 5.97 Å². The number of benzene rings is 1. The van der Waals surface area contributed by atoms with E-state index in [1.165, 1.54) is 6.20 Å². The quantitative estimate of drug-likeness (QED) is 0.849. The molecule has 8 heteroatoms. The van der Waals surface area contributed by atoms with E-state index in [-0.39, 0.29) is 18.9 Å². The van der Waals surface area contributed by atoms with Gasteiger partial charge in [0.15, 0.2) is 0 Å². The Morgan fingerprint density at radius 1 is 1.44 bits per heavy atom. The number of nitrogens with one attached hydrogen (secondary N) is 1. The minimum Gasteiger partial charge on any atom is -0.481 e. The summed E-state index contributed by atoms with van der Waals surface area (Å²) < 4.78 is 6.89. The molecule has 1 aliphatic rings. The van der Waals surface area contributed by atoms with Crippen LogP contribution >= 0.6 is 11.6 Å². The third-order valence-corrected chi connectivity index (χ3v) is 4.63. The molecule has 1 unspecified atom stereocenters. The summed E-state index contributed by atoms with van der Waals surface area (Å²) in [5.41, 5.74) is 0.777. The summed E-state index contributed by atoms with van der Waals surface area (Å²) in [5.74, 6) is -1.35. The number of aliphatic carboxylic acids is 1. The SMILES string of the molecule is Cc1c(C(=O)NC2(CC(=O)O)CCOC2)cnn1-c1ccccc1Cl. The molecule has 7 nitrogen and oxygen atoms in total. The van der Waals surface area contributed by atoms with Gasteiger partial charge in [-0.15, -0.1) is 0 Å². The highest BCUT2D eigenvalue weighted by Crippen LogP contribution is 2.25. The van der Waals surface area contributed by atoms with Crippen LogP contribution in [0, 0.1) is 6.92 Å². The first-order valence-corrected chi connectivity index (χ1v) is 8.21. The van der Waals surface area contributed by atoms with Crippen molar-refractivity contribution >= 4 is 23.5 Å². The van der Waals surface area contributed by atoms with E-state index >= 15 is 0 Å². The standard InChI is InChI=1S/C17H18ClN3O4/c1-11-12(9-19-21(11)14-5-3-2-4-13(14)18)16(24)20-17(8-15(22)23)6-7-25-10-17/h2-5,9H,6-8,10H2,1H3,(H,20,24)(H,22,23). The first-order valence-electron chi connectivity index (χ1n) is 7.83. The highest BCUT2D eigenvalue weighted by Gasteiger charge is 2.39. The molecule has 1 saturated heterocycles. The van der Waals surface area contributed by atoms with E-state index in [0.717, 1.165) is 0 Å². The monoisotopic (exact) mass is 363 g/mol. The van der Waals surface area contributed by atoms with Crippen LogP contribution < -0.4 is 5.32 Å². The first kappa shape index (κ1) is 17.4. The van der Waals surface area contributed by atoms with Gasteiger partial charge in [-0.1, -0.05) is 23.7 Å². The van der Waals surface area contributed by atoms with Gasteiger partial charge in [-0.2, -0.15) is 5.10 Å². The normalized spacial score (nSPS) is 19.8. The Balaban J connectivity index is 1.86. The third-order valence-electron chi connectivity index (χ3n) is 4.31. The van der Waals surface area contributed by atoms with E-state index in [0.29, 0.717) is 35.0 Å². The van der Waals surface area contributed by atoms with Gasteiger partial charge in [-0.3, -0.25) is 9.59 Å². The van der Waals surface area contributed by atoms with Crippen molar-refractivity contribution in [3.05, 3.63) is 46.7 Å². The van der Waals surface area contributed by atoms with Crippen LogP contribution in [0.15, 0.2) is 30.5 Å². The summed E-state index contributed by atoms with van der Waals surface area (Å²) >= 11 is 6.19. The van der Waals surface area contributed by atoms with Crippen LogP contribution in [-0.2, 0) is 9.53 Å². The predicted molar refractivity (Wildman–Crippen MR) is 91.2 cm³/mol.